The SMILES string of the molecule is CNC1(C(=O)O)CCc2c(F)cccc21. The number of carbonyl (C=O) groups is 1. The Morgan fingerprint density at radius 2 is 2.33 bits per heavy atom. The monoisotopic (exact) mass is 209 g/mol. The maximum Gasteiger partial charge on any atom is 0.328 e. The van der Waals surface area contributed by atoms with Gasteiger partial charge < -0.3 is 10.4 Å². The Balaban J connectivity index is 2.61. The predicted molar refractivity (Wildman–Crippen MR) is 53.1 cm³/mol. The van der Waals surface area contributed by atoms with Crippen molar-refractivity contribution < 1.29 is 14.3 Å². The Morgan fingerprint density at radius 3 is 2.93 bits per heavy atom. The molecule has 0 amide bonds. The average molecular weight is 209 g/mol. The first-order valence-corrected chi connectivity index (χ1v) is 4.82. The summed E-state index contributed by atoms with van der Waals surface area (Å²) in [5.74, 6) is -1.26. The second-order valence-electron chi connectivity index (χ2n) is 3.73. The fourth-order valence-electron chi connectivity index (χ4n) is 2.25. The van der Waals surface area contributed by atoms with E-state index < -0.39 is 11.5 Å². The van der Waals surface area contributed by atoms with Gasteiger partial charge in [0.05, 0.1) is 0 Å². The minimum Gasteiger partial charge on any atom is -0.480 e. The highest BCUT2D eigenvalue weighted by Crippen LogP contribution is 2.37. The van der Waals surface area contributed by atoms with Crippen LogP contribution in [0.1, 0.15) is 17.5 Å². The summed E-state index contributed by atoms with van der Waals surface area (Å²) in [6.07, 6.45) is 0.865. The standard InChI is InChI=1S/C11H12FNO2/c1-13-11(10(14)15)6-5-7-8(11)3-2-4-9(7)12/h2-4,13H,5-6H2,1H3,(H,14,15). The molecule has 2 rings (SSSR count). The van der Waals surface area contributed by atoms with Crippen LogP contribution in [0.4, 0.5) is 4.39 Å². The molecule has 1 aromatic rings. The van der Waals surface area contributed by atoms with E-state index >= 15 is 0 Å². The van der Waals surface area contributed by atoms with Gasteiger partial charge in [-0.25, -0.2) is 9.18 Å². The van der Waals surface area contributed by atoms with E-state index in [0.29, 0.717) is 24.0 Å². The Hall–Kier alpha value is -1.42. The minimum atomic E-state index is -1.11. The number of halogens is 1. The summed E-state index contributed by atoms with van der Waals surface area (Å²) in [4.78, 5) is 11.2. The van der Waals surface area contributed by atoms with Crippen LogP contribution in [-0.4, -0.2) is 18.1 Å². The van der Waals surface area contributed by atoms with Gasteiger partial charge in [0, 0.05) is 0 Å². The van der Waals surface area contributed by atoms with Crippen molar-refractivity contribution in [1.82, 2.24) is 5.32 Å². The first-order chi connectivity index (χ1) is 7.12. The first-order valence-electron chi connectivity index (χ1n) is 4.82. The molecule has 0 aromatic heterocycles. The number of carboxylic acids is 1. The van der Waals surface area contributed by atoms with Crippen molar-refractivity contribution in [1.29, 1.82) is 0 Å². The van der Waals surface area contributed by atoms with Gasteiger partial charge >= 0.3 is 5.97 Å². The van der Waals surface area contributed by atoms with E-state index in [2.05, 4.69) is 5.32 Å². The highest BCUT2D eigenvalue weighted by atomic mass is 19.1. The molecule has 2 N–H and O–H groups in total. The minimum absolute atomic E-state index is 0.314. The summed E-state index contributed by atoms with van der Waals surface area (Å²) in [6, 6.07) is 4.59. The van der Waals surface area contributed by atoms with Gasteiger partial charge in [-0.15, -0.1) is 0 Å². The molecular weight excluding hydrogens is 197 g/mol. The van der Waals surface area contributed by atoms with Gasteiger partial charge in [0.2, 0.25) is 0 Å². The van der Waals surface area contributed by atoms with Crippen LogP contribution in [0.2, 0.25) is 0 Å². The molecule has 1 aliphatic rings. The fourth-order valence-corrected chi connectivity index (χ4v) is 2.25. The van der Waals surface area contributed by atoms with Crippen molar-refractivity contribution >= 4 is 5.97 Å². The summed E-state index contributed by atoms with van der Waals surface area (Å²) in [5.41, 5.74) is -0.0380. The van der Waals surface area contributed by atoms with E-state index in [-0.39, 0.29) is 5.82 Å². The molecule has 0 radical (unpaired) electrons. The highest BCUT2D eigenvalue weighted by molar-refractivity contribution is 5.82. The third-order valence-electron chi connectivity index (χ3n) is 3.12. The largest absolute Gasteiger partial charge is 0.480 e. The van der Waals surface area contributed by atoms with Crippen molar-refractivity contribution in [3.8, 4) is 0 Å². The number of hydrogen-bond donors (Lipinski definition) is 2. The first kappa shape index (κ1) is 10.1. The van der Waals surface area contributed by atoms with Crippen LogP contribution < -0.4 is 5.32 Å². The van der Waals surface area contributed by atoms with E-state index in [4.69, 9.17) is 0 Å². The predicted octanol–water partition coefficient (Wildman–Crippen LogP) is 1.27. The third kappa shape index (κ3) is 1.25. The normalized spacial score (nSPS) is 23.9. The van der Waals surface area contributed by atoms with E-state index in [9.17, 15) is 14.3 Å². The summed E-state index contributed by atoms with van der Waals surface area (Å²) in [7, 11) is 1.59. The van der Waals surface area contributed by atoms with Gasteiger partial charge in [0.1, 0.15) is 11.4 Å². The van der Waals surface area contributed by atoms with Crippen LogP contribution in [0.25, 0.3) is 0 Å². The van der Waals surface area contributed by atoms with Gasteiger partial charge in [-0.1, -0.05) is 12.1 Å². The molecule has 0 bridgehead atoms. The van der Waals surface area contributed by atoms with Crippen molar-refractivity contribution in [3.05, 3.63) is 35.1 Å². The highest BCUT2D eigenvalue weighted by Gasteiger charge is 2.45. The summed E-state index contributed by atoms with van der Waals surface area (Å²) < 4.78 is 13.4. The average Bonchev–Trinajstić information content (AvgIpc) is 2.59. The van der Waals surface area contributed by atoms with Crippen LogP contribution in [0, 0.1) is 5.82 Å². The molecule has 4 heteroatoms. The van der Waals surface area contributed by atoms with Gasteiger partial charge in [0.25, 0.3) is 0 Å². The van der Waals surface area contributed by atoms with E-state index in [1.54, 1.807) is 19.2 Å². The lowest BCUT2D eigenvalue weighted by atomic mass is 9.92. The van der Waals surface area contributed by atoms with Gasteiger partial charge in [-0.3, -0.25) is 0 Å². The van der Waals surface area contributed by atoms with Crippen molar-refractivity contribution in [2.75, 3.05) is 7.05 Å². The van der Waals surface area contributed by atoms with Crippen LogP contribution in [0.3, 0.4) is 0 Å². The zero-order valence-electron chi connectivity index (χ0n) is 8.38. The molecule has 1 atom stereocenters. The number of aliphatic carboxylic acids is 1. The second kappa shape index (κ2) is 3.31. The van der Waals surface area contributed by atoms with Crippen molar-refractivity contribution in [2.24, 2.45) is 0 Å². The zero-order chi connectivity index (χ0) is 11.1. The number of rotatable bonds is 2. The van der Waals surface area contributed by atoms with Gasteiger partial charge in [-0.2, -0.15) is 0 Å². The Morgan fingerprint density at radius 1 is 1.60 bits per heavy atom. The maximum atomic E-state index is 13.4. The summed E-state index contributed by atoms with van der Waals surface area (Å²) >= 11 is 0. The Bertz CT molecular complexity index is 419. The Kier molecular flexibility index (Phi) is 2.23. The van der Waals surface area contributed by atoms with Crippen LogP contribution >= 0.6 is 0 Å². The number of nitrogens with one attached hydrogen (secondary N) is 1. The second-order valence-corrected chi connectivity index (χ2v) is 3.73. The molecule has 1 aromatic carbocycles. The quantitative estimate of drug-likeness (QED) is 0.771. The molecule has 0 saturated heterocycles. The van der Waals surface area contributed by atoms with Crippen LogP contribution in [0.15, 0.2) is 18.2 Å². The van der Waals surface area contributed by atoms with Gasteiger partial charge in [0.15, 0.2) is 0 Å². The number of likely N-dealkylation sites (N-methyl/N-ethyl adjacent to an activating group) is 1. The van der Waals surface area contributed by atoms with Crippen molar-refractivity contribution in [3.63, 3.8) is 0 Å². The maximum absolute atomic E-state index is 13.4. The molecule has 15 heavy (non-hydrogen) atoms. The number of carboxylic acid groups (broad SMARTS) is 1. The number of hydrogen-bond acceptors (Lipinski definition) is 2. The summed E-state index contributed by atoms with van der Waals surface area (Å²) in [5, 5.41) is 12.0. The Labute approximate surface area is 86.9 Å². The molecule has 0 aliphatic heterocycles. The van der Waals surface area contributed by atoms with Gasteiger partial charge in [-0.05, 0) is 37.1 Å². The van der Waals surface area contributed by atoms with E-state index in [1.165, 1.54) is 6.07 Å². The molecule has 0 heterocycles. The topological polar surface area (TPSA) is 49.3 Å². The summed E-state index contributed by atoms with van der Waals surface area (Å²) in [6.45, 7) is 0. The smallest absolute Gasteiger partial charge is 0.328 e. The number of fused-ring (bicyclic) bond motifs is 1. The number of benzene rings is 1. The zero-order valence-corrected chi connectivity index (χ0v) is 8.38. The lowest BCUT2D eigenvalue weighted by Crippen LogP contribution is -2.45. The van der Waals surface area contributed by atoms with E-state index in [0.717, 1.165) is 0 Å². The lowest BCUT2D eigenvalue weighted by molar-refractivity contribution is -0.145. The molecule has 80 valence electrons. The molecular formula is C11H12FNO2. The molecule has 0 fully saturated rings. The third-order valence-corrected chi connectivity index (χ3v) is 3.12. The van der Waals surface area contributed by atoms with E-state index in [1.807, 2.05) is 0 Å². The molecule has 0 saturated carbocycles. The van der Waals surface area contributed by atoms with Crippen LogP contribution in [0.5, 0.6) is 0 Å². The molecule has 1 aliphatic carbocycles. The fraction of sp³-hybridized carbons (Fsp3) is 0.364. The lowest BCUT2D eigenvalue weighted by Gasteiger charge is -2.24. The molecule has 0 spiro atoms. The molecule has 1 unspecified atom stereocenters. The molecule has 3 nitrogen and oxygen atoms in total. The van der Waals surface area contributed by atoms with Crippen molar-refractivity contribution in [2.45, 2.75) is 18.4 Å². The van der Waals surface area contributed by atoms with Crippen LogP contribution in [-0.2, 0) is 16.8 Å².